The van der Waals surface area contributed by atoms with Gasteiger partial charge in [-0.25, -0.2) is 5.43 Å². The Morgan fingerprint density at radius 2 is 1.88 bits per heavy atom. The maximum atomic E-state index is 12.1. The third-order valence-corrected chi connectivity index (χ3v) is 4.18. The Hall–Kier alpha value is -3.42. The van der Waals surface area contributed by atoms with Crippen molar-refractivity contribution >= 4 is 23.5 Å². The second-order valence-electron chi connectivity index (χ2n) is 5.95. The molecule has 1 fully saturated rings. The summed E-state index contributed by atoms with van der Waals surface area (Å²) in [4.78, 5) is 24.5. The van der Waals surface area contributed by atoms with Crippen LogP contribution in [0, 0.1) is 10.1 Å². The zero-order valence-electron chi connectivity index (χ0n) is 14.0. The van der Waals surface area contributed by atoms with Gasteiger partial charge in [-0.15, -0.1) is 0 Å². The molecule has 0 radical (unpaired) electrons. The zero-order valence-corrected chi connectivity index (χ0v) is 14.0. The van der Waals surface area contributed by atoms with E-state index in [4.69, 9.17) is 0 Å². The standard InChI is InChI=1S/C18H18N4O4/c23-17-8-3-13(11-16(17)22(25)26)12-19-20-18(24)14-4-6-15(7-5-14)21-9-1-2-10-21/h3-8,11-12,23H,1-2,9-10H2,(H,20,24)/b19-12-. The Labute approximate surface area is 149 Å². The van der Waals surface area contributed by atoms with Gasteiger partial charge in [0.2, 0.25) is 0 Å². The van der Waals surface area contributed by atoms with Crippen molar-refractivity contribution in [1.82, 2.24) is 5.43 Å². The molecule has 0 bridgehead atoms. The van der Waals surface area contributed by atoms with Crippen LogP contribution >= 0.6 is 0 Å². The van der Waals surface area contributed by atoms with Gasteiger partial charge < -0.3 is 10.0 Å². The number of carbonyl (C=O) groups is 1. The van der Waals surface area contributed by atoms with Crippen LogP contribution in [0.2, 0.25) is 0 Å². The van der Waals surface area contributed by atoms with Crippen molar-refractivity contribution in [2.75, 3.05) is 18.0 Å². The van der Waals surface area contributed by atoms with Crippen LogP contribution in [0.15, 0.2) is 47.6 Å². The minimum Gasteiger partial charge on any atom is -0.502 e. The van der Waals surface area contributed by atoms with E-state index in [9.17, 15) is 20.0 Å². The van der Waals surface area contributed by atoms with Gasteiger partial charge in [-0.1, -0.05) is 0 Å². The van der Waals surface area contributed by atoms with Gasteiger partial charge >= 0.3 is 5.69 Å². The van der Waals surface area contributed by atoms with Gasteiger partial charge in [0.25, 0.3) is 5.91 Å². The first-order chi connectivity index (χ1) is 12.5. The fourth-order valence-corrected chi connectivity index (χ4v) is 2.80. The third kappa shape index (κ3) is 3.97. The van der Waals surface area contributed by atoms with E-state index in [1.165, 1.54) is 37.3 Å². The minimum atomic E-state index is -0.687. The quantitative estimate of drug-likeness (QED) is 0.487. The fourth-order valence-electron chi connectivity index (χ4n) is 2.80. The van der Waals surface area contributed by atoms with Crippen LogP contribution in [0.3, 0.4) is 0 Å². The van der Waals surface area contributed by atoms with Crippen molar-refractivity contribution in [2.24, 2.45) is 5.10 Å². The summed E-state index contributed by atoms with van der Waals surface area (Å²) in [5, 5.41) is 24.0. The molecule has 2 aromatic rings. The molecule has 1 heterocycles. The smallest absolute Gasteiger partial charge is 0.311 e. The SMILES string of the molecule is O=C(N/N=C\c1ccc(O)c([N+](=O)[O-])c1)c1ccc(N2CCCC2)cc1. The summed E-state index contributed by atoms with van der Waals surface area (Å²) in [6, 6.07) is 11.1. The number of amides is 1. The molecule has 1 aliphatic rings. The number of carbonyl (C=O) groups excluding carboxylic acids is 1. The molecular formula is C18H18N4O4. The number of hydrogen-bond acceptors (Lipinski definition) is 6. The van der Waals surface area contributed by atoms with Gasteiger partial charge in [-0.05, 0) is 49.2 Å². The summed E-state index contributed by atoms with van der Waals surface area (Å²) in [6.45, 7) is 2.07. The Bertz CT molecular complexity index is 843. The molecule has 3 rings (SSSR count). The number of benzene rings is 2. The van der Waals surface area contributed by atoms with Gasteiger partial charge in [0.15, 0.2) is 5.75 Å². The molecule has 1 aliphatic heterocycles. The van der Waals surface area contributed by atoms with E-state index >= 15 is 0 Å². The molecule has 0 aromatic heterocycles. The fraction of sp³-hybridized carbons (Fsp3) is 0.222. The highest BCUT2D eigenvalue weighted by Crippen LogP contribution is 2.25. The number of nitro benzene ring substituents is 1. The number of phenols is 1. The second kappa shape index (κ2) is 7.64. The number of hydrogen-bond donors (Lipinski definition) is 2. The average Bonchev–Trinajstić information content (AvgIpc) is 3.17. The van der Waals surface area contributed by atoms with E-state index in [1.807, 2.05) is 12.1 Å². The predicted molar refractivity (Wildman–Crippen MR) is 97.7 cm³/mol. The van der Waals surface area contributed by atoms with Crippen molar-refractivity contribution in [3.05, 3.63) is 63.7 Å². The van der Waals surface area contributed by atoms with Crippen molar-refractivity contribution in [3.63, 3.8) is 0 Å². The minimum absolute atomic E-state index is 0.373. The Kier molecular flexibility index (Phi) is 5.12. The predicted octanol–water partition coefficient (Wildman–Crippen LogP) is 2.66. The molecule has 0 spiro atoms. The first kappa shape index (κ1) is 17.4. The van der Waals surface area contributed by atoms with Crippen molar-refractivity contribution in [1.29, 1.82) is 0 Å². The summed E-state index contributed by atoms with van der Waals surface area (Å²) in [5.41, 5.74) is 3.92. The molecule has 2 N–H and O–H groups in total. The number of nitro groups is 1. The van der Waals surface area contributed by atoms with Crippen LogP contribution < -0.4 is 10.3 Å². The van der Waals surface area contributed by atoms with Gasteiger partial charge in [-0.3, -0.25) is 14.9 Å². The number of phenolic OH excluding ortho intramolecular Hbond substituents is 1. The highest BCUT2D eigenvalue weighted by Gasteiger charge is 2.14. The lowest BCUT2D eigenvalue weighted by atomic mass is 10.2. The first-order valence-corrected chi connectivity index (χ1v) is 8.20. The van der Waals surface area contributed by atoms with Crippen LogP contribution in [-0.4, -0.2) is 35.2 Å². The zero-order chi connectivity index (χ0) is 18.5. The Morgan fingerprint density at radius 1 is 1.19 bits per heavy atom. The number of rotatable bonds is 5. The van der Waals surface area contributed by atoms with E-state index in [2.05, 4.69) is 15.4 Å². The van der Waals surface area contributed by atoms with Crippen molar-refractivity contribution in [3.8, 4) is 5.75 Å². The topological polar surface area (TPSA) is 108 Å². The normalized spacial score (nSPS) is 13.9. The maximum absolute atomic E-state index is 12.1. The van der Waals surface area contributed by atoms with Crippen molar-refractivity contribution in [2.45, 2.75) is 12.8 Å². The van der Waals surface area contributed by atoms with E-state index in [1.54, 1.807) is 12.1 Å². The summed E-state index contributed by atoms with van der Waals surface area (Å²) < 4.78 is 0. The average molecular weight is 354 g/mol. The molecule has 0 atom stereocenters. The number of hydrazone groups is 1. The van der Waals surface area contributed by atoms with E-state index in [0.29, 0.717) is 11.1 Å². The number of nitrogens with one attached hydrogen (secondary N) is 1. The molecule has 2 aromatic carbocycles. The molecule has 8 heteroatoms. The van der Waals surface area contributed by atoms with Gasteiger partial charge in [0, 0.05) is 36.0 Å². The highest BCUT2D eigenvalue weighted by atomic mass is 16.6. The number of anilines is 1. The molecule has 134 valence electrons. The van der Waals surface area contributed by atoms with E-state index in [0.717, 1.165) is 18.8 Å². The van der Waals surface area contributed by atoms with Crippen LogP contribution in [0.25, 0.3) is 0 Å². The third-order valence-electron chi connectivity index (χ3n) is 4.18. The van der Waals surface area contributed by atoms with Crippen LogP contribution in [0.5, 0.6) is 5.75 Å². The number of nitrogens with zero attached hydrogens (tertiary/aromatic N) is 3. The molecule has 0 aliphatic carbocycles. The Balaban J connectivity index is 1.62. The number of aromatic hydroxyl groups is 1. The summed E-state index contributed by atoms with van der Waals surface area (Å²) in [6.07, 6.45) is 3.65. The Morgan fingerprint density at radius 3 is 2.54 bits per heavy atom. The highest BCUT2D eigenvalue weighted by molar-refractivity contribution is 5.95. The van der Waals surface area contributed by atoms with Gasteiger partial charge in [0.05, 0.1) is 11.1 Å². The van der Waals surface area contributed by atoms with Crippen LogP contribution in [0.1, 0.15) is 28.8 Å². The molecule has 8 nitrogen and oxygen atoms in total. The van der Waals surface area contributed by atoms with Gasteiger partial charge in [0.1, 0.15) is 0 Å². The lowest BCUT2D eigenvalue weighted by molar-refractivity contribution is -0.385. The van der Waals surface area contributed by atoms with E-state index in [-0.39, 0.29) is 5.91 Å². The van der Waals surface area contributed by atoms with Gasteiger partial charge in [-0.2, -0.15) is 5.10 Å². The maximum Gasteiger partial charge on any atom is 0.311 e. The first-order valence-electron chi connectivity index (χ1n) is 8.20. The lowest BCUT2D eigenvalue weighted by Crippen LogP contribution is -2.19. The summed E-state index contributed by atoms with van der Waals surface area (Å²) in [7, 11) is 0. The van der Waals surface area contributed by atoms with E-state index < -0.39 is 16.4 Å². The monoisotopic (exact) mass is 354 g/mol. The molecule has 0 unspecified atom stereocenters. The molecule has 26 heavy (non-hydrogen) atoms. The van der Waals surface area contributed by atoms with Crippen LogP contribution in [-0.2, 0) is 0 Å². The second-order valence-corrected chi connectivity index (χ2v) is 5.95. The summed E-state index contributed by atoms with van der Waals surface area (Å²) in [5.74, 6) is -0.795. The molecule has 1 saturated heterocycles. The largest absolute Gasteiger partial charge is 0.502 e. The summed E-state index contributed by atoms with van der Waals surface area (Å²) >= 11 is 0. The molecular weight excluding hydrogens is 336 g/mol. The molecule has 1 amide bonds. The van der Waals surface area contributed by atoms with Crippen LogP contribution in [0.4, 0.5) is 11.4 Å². The lowest BCUT2D eigenvalue weighted by Gasteiger charge is -2.17. The molecule has 0 saturated carbocycles. The van der Waals surface area contributed by atoms with Crippen molar-refractivity contribution < 1.29 is 14.8 Å².